The molecule has 4 rings (SSSR count). The fourth-order valence-electron chi connectivity index (χ4n) is 3.14. The maximum absolute atomic E-state index is 12.9. The van der Waals surface area contributed by atoms with E-state index in [2.05, 4.69) is 20.3 Å². The average Bonchev–Trinajstić information content (AvgIpc) is 3.43. The van der Waals surface area contributed by atoms with Crippen LogP contribution in [0.3, 0.4) is 0 Å². The molecule has 0 aliphatic carbocycles. The van der Waals surface area contributed by atoms with Gasteiger partial charge in [-0.2, -0.15) is 5.10 Å². The second-order valence-electron chi connectivity index (χ2n) is 6.57. The van der Waals surface area contributed by atoms with Gasteiger partial charge in [0.2, 0.25) is 0 Å². The van der Waals surface area contributed by atoms with Crippen molar-refractivity contribution >= 4 is 17.2 Å². The summed E-state index contributed by atoms with van der Waals surface area (Å²) in [7, 11) is 0. The van der Waals surface area contributed by atoms with Crippen LogP contribution >= 0.6 is 11.3 Å². The molecule has 0 saturated heterocycles. The molecule has 2 N–H and O–H groups in total. The van der Waals surface area contributed by atoms with Crippen LogP contribution in [0.1, 0.15) is 27.5 Å². The maximum Gasteiger partial charge on any atom is 0.573 e. The van der Waals surface area contributed by atoms with Crippen molar-refractivity contribution in [1.82, 2.24) is 15.5 Å². The van der Waals surface area contributed by atoms with E-state index in [0.29, 0.717) is 0 Å². The summed E-state index contributed by atoms with van der Waals surface area (Å²) < 4.78 is 40.9. The van der Waals surface area contributed by atoms with Gasteiger partial charge in [0, 0.05) is 11.1 Å². The van der Waals surface area contributed by atoms with Crippen molar-refractivity contribution in [2.24, 2.45) is 0 Å². The molecule has 0 aliphatic rings. The quantitative estimate of drug-likeness (QED) is 0.410. The predicted molar refractivity (Wildman–Crippen MR) is 111 cm³/mol. The lowest BCUT2D eigenvalue weighted by Crippen LogP contribution is -2.29. The molecular weight excluding hydrogens is 427 g/mol. The molecule has 1 atom stereocenters. The van der Waals surface area contributed by atoms with E-state index in [9.17, 15) is 18.0 Å². The summed E-state index contributed by atoms with van der Waals surface area (Å²) in [6.45, 7) is 0. The smallest absolute Gasteiger partial charge is 0.406 e. The topological polar surface area (TPSA) is 67.0 Å². The van der Waals surface area contributed by atoms with Crippen LogP contribution in [0.15, 0.2) is 78.3 Å². The van der Waals surface area contributed by atoms with Gasteiger partial charge in [-0.1, -0.05) is 36.4 Å². The van der Waals surface area contributed by atoms with Crippen molar-refractivity contribution < 1.29 is 22.7 Å². The molecule has 9 heteroatoms. The van der Waals surface area contributed by atoms with E-state index in [4.69, 9.17) is 0 Å². The molecule has 5 nitrogen and oxygen atoms in total. The van der Waals surface area contributed by atoms with E-state index < -0.39 is 24.1 Å². The van der Waals surface area contributed by atoms with Crippen molar-refractivity contribution in [2.45, 2.75) is 12.4 Å². The molecule has 2 aromatic heterocycles. The third kappa shape index (κ3) is 4.95. The molecule has 0 aliphatic heterocycles. The highest BCUT2D eigenvalue weighted by atomic mass is 32.1. The highest BCUT2D eigenvalue weighted by molar-refractivity contribution is 7.13. The Kier molecular flexibility index (Phi) is 5.77. The van der Waals surface area contributed by atoms with Crippen molar-refractivity contribution in [3.8, 4) is 16.3 Å². The van der Waals surface area contributed by atoms with Crippen LogP contribution in [0.4, 0.5) is 13.2 Å². The molecule has 0 fully saturated rings. The zero-order valence-corrected chi connectivity index (χ0v) is 16.7. The number of H-pyrrole nitrogens is 1. The van der Waals surface area contributed by atoms with Crippen molar-refractivity contribution in [3.05, 3.63) is 95.0 Å². The zero-order valence-electron chi connectivity index (χ0n) is 15.9. The first-order valence-electron chi connectivity index (χ1n) is 9.19. The number of ether oxygens (including phenoxy) is 1. The number of halogens is 3. The van der Waals surface area contributed by atoms with Gasteiger partial charge >= 0.3 is 6.36 Å². The number of aromatic amines is 1. The van der Waals surface area contributed by atoms with Gasteiger partial charge in [-0.25, -0.2) is 0 Å². The standard InChI is InChI=1S/C22H16F3N3O2S/c23-22(24,25)30-16-10-8-15(9-11-16)21(29)27-19(14-5-2-1-3-6-14)17-13-26-28-20(17)18-7-4-12-31-18/h1-13,19H,(H,26,28)(H,27,29). The lowest BCUT2D eigenvalue weighted by molar-refractivity contribution is -0.274. The number of rotatable bonds is 6. The van der Waals surface area contributed by atoms with E-state index >= 15 is 0 Å². The Balaban J connectivity index is 1.62. The van der Waals surface area contributed by atoms with Gasteiger partial charge in [-0.15, -0.1) is 24.5 Å². The molecule has 4 aromatic rings. The number of hydrogen-bond acceptors (Lipinski definition) is 4. The number of alkyl halides is 3. The number of nitrogens with zero attached hydrogens (tertiary/aromatic N) is 1. The highest BCUT2D eigenvalue weighted by Gasteiger charge is 2.31. The van der Waals surface area contributed by atoms with Crippen LogP contribution in [0, 0.1) is 0 Å². The maximum atomic E-state index is 12.9. The molecule has 158 valence electrons. The number of hydrogen-bond donors (Lipinski definition) is 2. The fourth-order valence-corrected chi connectivity index (χ4v) is 3.88. The third-order valence-electron chi connectivity index (χ3n) is 4.51. The first-order valence-corrected chi connectivity index (χ1v) is 10.1. The second-order valence-corrected chi connectivity index (χ2v) is 7.51. The summed E-state index contributed by atoms with van der Waals surface area (Å²) >= 11 is 1.54. The normalized spacial score (nSPS) is 12.4. The first kappa shape index (κ1) is 20.7. The largest absolute Gasteiger partial charge is 0.573 e. The zero-order chi connectivity index (χ0) is 21.8. The number of carbonyl (C=O) groups excluding carboxylic acids is 1. The molecule has 0 bridgehead atoms. The summed E-state index contributed by atoms with van der Waals surface area (Å²) in [5.74, 6) is -0.829. The lowest BCUT2D eigenvalue weighted by atomic mass is 9.98. The number of nitrogens with one attached hydrogen (secondary N) is 2. The van der Waals surface area contributed by atoms with Gasteiger partial charge in [0.05, 0.1) is 22.8 Å². The molecule has 1 amide bonds. The van der Waals surface area contributed by atoms with Crippen LogP contribution in [-0.4, -0.2) is 22.5 Å². The molecular formula is C22H16F3N3O2S. The Bertz CT molecular complexity index is 1140. The first-order chi connectivity index (χ1) is 14.9. The van der Waals surface area contributed by atoms with Crippen LogP contribution in [0.5, 0.6) is 5.75 Å². The van der Waals surface area contributed by atoms with Crippen molar-refractivity contribution in [1.29, 1.82) is 0 Å². The fraction of sp³-hybridized carbons (Fsp3) is 0.0909. The molecule has 0 saturated carbocycles. The number of carbonyl (C=O) groups is 1. The van der Waals surface area contributed by atoms with Crippen LogP contribution in [0.25, 0.3) is 10.6 Å². The van der Waals surface area contributed by atoms with Crippen molar-refractivity contribution in [2.75, 3.05) is 0 Å². The molecule has 2 aromatic carbocycles. The number of amides is 1. The summed E-state index contributed by atoms with van der Waals surface area (Å²) in [4.78, 5) is 13.9. The molecule has 2 heterocycles. The monoisotopic (exact) mass is 443 g/mol. The average molecular weight is 443 g/mol. The van der Waals surface area contributed by atoms with E-state index in [-0.39, 0.29) is 5.56 Å². The summed E-state index contributed by atoms with van der Waals surface area (Å²) in [5.41, 5.74) is 2.61. The predicted octanol–water partition coefficient (Wildman–Crippen LogP) is 5.56. The second kappa shape index (κ2) is 8.65. The Morgan fingerprint density at radius 1 is 1.03 bits per heavy atom. The van der Waals surface area contributed by atoms with E-state index in [1.807, 2.05) is 47.8 Å². The minimum atomic E-state index is -4.79. The lowest BCUT2D eigenvalue weighted by Gasteiger charge is -2.20. The van der Waals surface area contributed by atoms with Gasteiger partial charge in [0.25, 0.3) is 5.91 Å². The van der Waals surface area contributed by atoms with Gasteiger partial charge in [0.1, 0.15) is 5.75 Å². The van der Waals surface area contributed by atoms with Crippen LogP contribution in [-0.2, 0) is 0 Å². The Labute approximate surface area is 179 Å². The van der Waals surface area contributed by atoms with Gasteiger partial charge < -0.3 is 10.1 Å². The third-order valence-corrected chi connectivity index (χ3v) is 5.39. The number of benzene rings is 2. The molecule has 0 spiro atoms. The van der Waals surface area contributed by atoms with Gasteiger partial charge in [0.15, 0.2) is 0 Å². The van der Waals surface area contributed by atoms with Crippen LogP contribution < -0.4 is 10.1 Å². The molecule has 1 unspecified atom stereocenters. The Hall–Kier alpha value is -3.59. The minimum absolute atomic E-state index is 0.205. The molecule has 31 heavy (non-hydrogen) atoms. The summed E-state index contributed by atoms with van der Waals surface area (Å²) in [6, 6.07) is 17.5. The van der Waals surface area contributed by atoms with E-state index in [1.54, 1.807) is 6.20 Å². The van der Waals surface area contributed by atoms with Gasteiger partial charge in [-0.05, 0) is 41.3 Å². The summed E-state index contributed by atoms with van der Waals surface area (Å²) in [6.07, 6.45) is -3.13. The highest BCUT2D eigenvalue weighted by Crippen LogP contribution is 2.33. The SMILES string of the molecule is O=C(NC(c1ccccc1)c1cn[nH]c1-c1cccs1)c1ccc(OC(F)(F)F)cc1. The number of aromatic nitrogens is 2. The summed E-state index contributed by atoms with van der Waals surface area (Å²) in [5, 5.41) is 12.1. The Morgan fingerprint density at radius 2 is 1.77 bits per heavy atom. The van der Waals surface area contributed by atoms with Crippen LogP contribution in [0.2, 0.25) is 0 Å². The minimum Gasteiger partial charge on any atom is -0.406 e. The van der Waals surface area contributed by atoms with Crippen molar-refractivity contribution in [3.63, 3.8) is 0 Å². The van der Waals surface area contributed by atoms with E-state index in [1.165, 1.54) is 23.5 Å². The molecule has 0 radical (unpaired) electrons. The Morgan fingerprint density at radius 3 is 2.42 bits per heavy atom. The number of thiophene rings is 1. The van der Waals surface area contributed by atoms with E-state index in [0.717, 1.165) is 33.8 Å². The van der Waals surface area contributed by atoms with Gasteiger partial charge in [-0.3, -0.25) is 9.89 Å².